The van der Waals surface area contributed by atoms with Gasteiger partial charge in [-0.25, -0.2) is 13.6 Å². The van der Waals surface area contributed by atoms with E-state index in [0.29, 0.717) is 4.47 Å². The fraction of sp³-hybridized carbons (Fsp3) is 0.417. The summed E-state index contributed by atoms with van der Waals surface area (Å²) >= 11 is 3.14. The van der Waals surface area contributed by atoms with E-state index in [1.165, 1.54) is 29.6 Å². The number of carbonyl (C=O) groups is 1. The molecule has 0 aliphatic carbocycles. The number of benzene rings is 1. The zero-order valence-corrected chi connectivity index (χ0v) is 12.6. The smallest absolute Gasteiger partial charge is 0.319 e. The van der Waals surface area contributed by atoms with Crippen molar-refractivity contribution in [3.05, 3.63) is 28.7 Å². The van der Waals surface area contributed by atoms with Gasteiger partial charge in [0.15, 0.2) is 5.54 Å². The molecule has 1 atom stereocenters. The van der Waals surface area contributed by atoms with Crippen molar-refractivity contribution in [3.8, 4) is 0 Å². The highest BCUT2D eigenvalue weighted by molar-refractivity contribution is 9.10. The van der Waals surface area contributed by atoms with Gasteiger partial charge in [-0.3, -0.25) is 0 Å². The highest BCUT2D eigenvalue weighted by atomic mass is 79.9. The van der Waals surface area contributed by atoms with Crippen LogP contribution in [0.5, 0.6) is 0 Å². The maximum absolute atomic E-state index is 13.3. The molecule has 0 aliphatic rings. The third-order valence-electron chi connectivity index (χ3n) is 2.91. The summed E-state index contributed by atoms with van der Waals surface area (Å²) in [6, 6.07) is 4.50. The summed E-state index contributed by atoms with van der Waals surface area (Å²) in [6.45, 7) is 0.328. The Hall–Kier alpha value is -1.38. The Morgan fingerprint density at radius 3 is 1.90 bits per heavy atom. The molecule has 0 heterocycles. The lowest BCUT2D eigenvalue weighted by Gasteiger charge is -2.37. The normalized spacial score (nSPS) is 15.2. The van der Waals surface area contributed by atoms with Crippen molar-refractivity contribution in [2.45, 2.75) is 31.5 Å². The fourth-order valence-electron chi connectivity index (χ4n) is 1.35. The van der Waals surface area contributed by atoms with Gasteiger partial charge in [0.05, 0.1) is 0 Å². The Morgan fingerprint density at radius 1 is 1.05 bits per heavy atom. The largest absolute Gasteiger partial charge is 0.417 e. The highest BCUT2D eigenvalue weighted by Gasteiger charge is 2.65. The summed E-state index contributed by atoms with van der Waals surface area (Å²) in [5.41, 5.74) is -3.51. The Bertz CT molecular complexity index is 496. The van der Waals surface area contributed by atoms with Crippen LogP contribution in [0.25, 0.3) is 0 Å². The van der Waals surface area contributed by atoms with Crippen molar-refractivity contribution < 1.29 is 26.7 Å². The molecule has 1 unspecified atom stereocenters. The number of nitrogens with one attached hydrogen (secondary N) is 2. The molecule has 9 heteroatoms. The van der Waals surface area contributed by atoms with Gasteiger partial charge >= 0.3 is 12.2 Å². The number of halogens is 6. The third kappa shape index (κ3) is 4.05. The quantitative estimate of drug-likeness (QED) is 0.748. The molecule has 3 nitrogen and oxygen atoms in total. The molecule has 0 aliphatic heterocycles. The SMILES string of the molecule is CC(F)(F)C(C)(NC(=O)Nc1ccc(Br)cc1)C(F)(F)F. The van der Waals surface area contributed by atoms with Gasteiger partial charge < -0.3 is 10.6 Å². The van der Waals surface area contributed by atoms with Crippen molar-refractivity contribution in [1.82, 2.24) is 5.32 Å². The second kappa shape index (κ2) is 5.78. The molecule has 0 saturated heterocycles. The second-order valence-corrected chi connectivity index (χ2v) is 5.51. The van der Waals surface area contributed by atoms with Crippen molar-refractivity contribution in [2.75, 3.05) is 5.32 Å². The van der Waals surface area contributed by atoms with Crippen LogP contribution in [0.1, 0.15) is 13.8 Å². The molecule has 118 valence electrons. The zero-order valence-electron chi connectivity index (χ0n) is 11.0. The van der Waals surface area contributed by atoms with Crippen molar-refractivity contribution in [2.24, 2.45) is 0 Å². The number of urea groups is 1. The fourth-order valence-corrected chi connectivity index (χ4v) is 1.62. The van der Waals surface area contributed by atoms with Crippen LogP contribution in [0.15, 0.2) is 28.7 Å². The van der Waals surface area contributed by atoms with Gasteiger partial charge in [-0.05, 0) is 31.2 Å². The molecule has 2 amide bonds. The summed E-state index contributed by atoms with van der Waals surface area (Å²) in [6.07, 6.45) is -5.32. The molecule has 1 aromatic rings. The Kier molecular flexibility index (Phi) is 4.87. The number of hydrogen-bond acceptors (Lipinski definition) is 1. The molecular weight excluding hydrogens is 363 g/mol. The molecule has 0 bridgehead atoms. The van der Waals surface area contributed by atoms with Crippen LogP contribution in [0.3, 0.4) is 0 Å². The van der Waals surface area contributed by atoms with E-state index >= 15 is 0 Å². The second-order valence-electron chi connectivity index (χ2n) is 4.60. The summed E-state index contributed by atoms with van der Waals surface area (Å²) in [5, 5.41) is 3.36. The molecule has 2 N–H and O–H groups in total. The molecular formula is C12H12BrF5N2O. The molecule has 21 heavy (non-hydrogen) atoms. The minimum absolute atomic E-state index is 0.0976. The van der Waals surface area contributed by atoms with Gasteiger partial charge in [-0.15, -0.1) is 0 Å². The summed E-state index contributed by atoms with van der Waals surface area (Å²) in [7, 11) is 0. The molecule has 0 fully saturated rings. The van der Waals surface area contributed by atoms with Crippen molar-refractivity contribution in [3.63, 3.8) is 0 Å². The van der Waals surface area contributed by atoms with E-state index in [2.05, 4.69) is 21.2 Å². The number of amides is 2. The monoisotopic (exact) mass is 374 g/mol. The first kappa shape index (κ1) is 17.7. The number of hydrogen-bond donors (Lipinski definition) is 2. The zero-order chi connectivity index (χ0) is 16.5. The van der Waals surface area contributed by atoms with Gasteiger partial charge in [0.1, 0.15) is 0 Å². The minimum atomic E-state index is -5.32. The van der Waals surface area contributed by atoms with Crippen LogP contribution < -0.4 is 10.6 Å². The Morgan fingerprint density at radius 2 is 1.52 bits per heavy atom. The van der Waals surface area contributed by atoms with Crippen LogP contribution in [0.2, 0.25) is 0 Å². The number of rotatable bonds is 3. The minimum Gasteiger partial charge on any atom is -0.319 e. The number of anilines is 1. The number of carbonyl (C=O) groups excluding carboxylic acids is 1. The highest BCUT2D eigenvalue weighted by Crippen LogP contribution is 2.41. The first-order valence-corrected chi connectivity index (χ1v) is 6.45. The standard InChI is InChI=1S/C12H12BrF5N2O/c1-10(11(2,14)15,12(16,17)18)20-9(21)19-8-5-3-7(13)4-6-8/h3-6H,1-2H3,(H2,19,20,21). The van der Waals surface area contributed by atoms with Gasteiger partial charge in [0, 0.05) is 17.1 Å². The average Bonchev–Trinajstić information content (AvgIpc) is 2.29. The van der Waals surface area contributed by atoms with Crippen LogP contribution >= 0.6 is 15.9 Å². The van der Waals surface area contributed by atoms with Crippen LogP contribution in [0, 0.1) is 0 Å². The first-order valence-electron chi connectivity index (χ1n) is 5.66. The predicted octanol–water partition coefficient (Wildman–Crippen LogP) is 4.55. The van der Waals surface area contributed by atoms with Gasteiger partial charge in [-0.1, -0.05) is 15.9 Å². The van der Waals surface area contributed by atoms with E-state index in [1.54, 1.807) is 0 Å². The summed E-state index contributed by atoms with van der Waals surface area (Å²) in [5.74, 6) is -4.19. The third-order valence-corrected chi connectivity index (χ3v) is 3.44. The van der Waals surface area contributed by atoms with Crippen LogP contribution in [0.4, 0.5) is 32.4 Å². The number of alkyl halides is 5. The first-order chi connectivity index (χ1) is 9.37. The van der Waals surface area contributed by atoms with Crippen LogP contribution in [-0.4, -0.2) is 23.7 Å². The lowest BCUT2D eigenvalue weighted by Crippen LogP contribution is -2.66. The van der Waals surface area contributed by atoms with Gasteiger partial charge in [0.2, 0.25) is 0 Å². The topological polar surface area (TPSA) is 41.1 Å². The van der Waals surface area contributed by atoms with Crippen LogP contribution in [-0.2, 0) is 0 Å². The Balaban J connectivity index is 2.90. The van der Waals surface area contributed by atoms with E-state index in [0.717, 1.165) is 0 Å². The van der Waals surface area contributed by atoms with E-state index in [9.17, 15) is 26.7 Å². The lowest BCUT2D eigenvalue weighted by molar-refractivity contribution is -0.249. The van der Waals surface area contributed by atoms with Crippen molar-refractivity contribution >= 4 is 27.6 Å². The molecule has 0 radical (unpaired) electrons. The maximum Gasteiger partial charge on any atom is 0.417 e. The average molecular weight is 375 g/mol. The summed E-state index contributed by atoms with van der Waals surface area (Å²) < 4.78 is 65.7. The van der Waals surface area contributed by atoms with E-state index in [4.69, 9.17) is 0 Å². The van der Waals surface area contributed by atoms with Crippen molar-refractivity contribution in [1.29, 1.82) is 0 Å². The molecule has 0 aromatic heterocycles. The van der Waals surface area contributed by atoms with Gasteiger partial charge in [0.25, 0.3) is 5.92 Å². The van der Waals surface area contributed by atoms with E-state index in [1.807, 2.05) is 0 Å². The molecule has 1 rings (SSSR count). The maximum atomic E-state index is 13.3. The molecule has 1 aromatic carbocycles. The summed E-state index contributed by atoms with van der Waals surface area (Å²) in [4.78, 5) is 11.5. The molecule has 0 spiro atoms. The van der Waals surface area contributed by atoms with E-state index in [-0.39, 0.29) is 19.5 Å². The van der Waals surface area contributed by atoms with E-state index < -0.39 is 23.7 Å². The van der Waals surface area contributed by atoms with Gasteiger partial charge in [-0.2, -0.15) is 13.2 Å². The lowest BCUT2D eigenvalue weighted by atomic mass is 9.94. The Labute approximate surface area is 126 Å². The molecule has 0 saturated carbocycles. The predicted molar refractivity (Wildman–Crippen MR) is 71.4 cm³/mol.